The molecule has 10 N–H and O–H groups in total. The first-order valence-corrected chi connectivity index (χ1v) is 12.2. The van der Waals surface area contributed by atoms with Crippen molar-refractivity contribution in [2.24, 2.45) is 17.4 Å². The number of hydrogen-bond acceptors (Lipinski definition) is 8. The minimum Gasteiger partial charge on any atom is -0.481 e. The van der Waals surface area contributed by atoms with Crippen molar-refractivity contribution in [3.05, 3.63) is 18.2 Å². The van der Waals surface area contributed by atoms with Crippen molar-refractivity contribution in [2.75, 3.05) is 6.54 Å². The van der Waals surface area contributed by atoms with E-state index in [0.717, 1.165) is 0 Å². The Bertz CT molecular complexity index is 892. The Labute approximate surface area is 215 Å². The standard InChI is InChI=1S/C23H39N7O7/c1-13(2)9-17(22(35)30-18(23(36)37)10-14-11-26-12-27-14)29-21(34)16(5-3-4-8-24)28-20(33)15(25)6-7-19(31)32/h11-13,15-18H,3-10,24-25H2,1-2H3,(H,26,27)(H,28,33)(H,29,34)(H,30,35)(H,31,32)(H,36,37). The third-order valence-electron chi connectivity index (χ3n) is 5.52. The van der Waals surface area contributed by atoms with Gasteiger partial charge in [-0.05, 0) is 44.6 Å². The van der Waals surface area contributed by atoms with Crippen molar-refractivity contribution in [2.45, 2.75) is 83.0 Å². The Kier molecular flexibility index (Phi) is 13.9. The molecule has 1 rings (SSSR count). The highest BCUT2D eigenvalue weighted by atomic mass is 16.4. The number of nitrogens with zero attached hydrogens (tertiary/aromatic N) is 1. The summed E-state index contributed by atoms with van der Waals surface area (Å²) in [6.45, 7) is 4.06. The minimum absolute atomic E-state index is 0.0262. The number of carboxylic acids is 2. The Balaban J connectivity index is 2.96. The average Bonchev–Trinajstić information content (AvgIpc) is 3.33. The number of nitrogens with one attached hydrogen (secondary N) is 4. The molecular formula is C23H39N7O7. The Hall–Kier alpha value is -3.52. The molecule has 0 bridgehead atoms. The summed E-state index contributed by atoms with van der Waals surface area (Å²) in [5, 5.41) is 26.0. The fraction of sp³-hybridized carbons (Fsp3) is 0.652. The second-order valence-electron chi connectivity index (χ2n) is 9.26. The predicted octanol–water partition coefficient (Wildman–Crippen LogP) is -1.14. The van der Waals surface area contributed by atoms with Gasteiger partial charge in [-0.25, -0.2) is 9.78 Å². The van der Waals surface area contributed by atoms with Crippen LogP contribution >= 0.6 is 0 Å². The topological polar surface area (TPSA) is 243 Å². The quantitative estimate of drug-likeness (QED) is 0.107. The van der Waals surface area contributed by atoms with Crippen LogP contribution in [0.15, 0.2) is 12.5 Å². The maximum absolute atomic E-state index is 13.1. The first-order chi connectivity index (χ1) is 17.4. The van der Waals surface area contributed by atoms with Gasteiger partial charge < -0.3 is 42.6 Å². The third kappa shape index (κ3) is 12.3. The summed E-state index contributed by atoms with van der Waals surface area (Å²) < 4.78 is 0. The maximum Gasteiger partial charge on any atom is 0.326 e. The van der Waals surface area contributed by atoms with Crippen LogP contribution < -0.4 is 27.4 Å². The smallest absolute Gasteiger partial charge is 0.326 e. The number of amides is 3. The summed E-state index contributed by atoms with van der Waals surface area (Å²) in [5.41, 5.74) is 11.8. The van der Waals surface area contributed by atoms with E-state index < -0.39 is 53.8 Å². The van der Waals surface area contributed by atoms with E-state index in [0.29, 0.717) is 25.1 Å². The molecule has 3 amide bonds. The Morgan fingerprint density at radius 3 is 2.11 bits per heavy atom. The Morgan fingerprint density at radius 2 is 1.57 bits per heavy atom. The molecule has 0 aliphatic heterocycles. The lowest BCUT2D eigenvalue weighted by Gasteiger charge is -2.26. The average molecular weight is 526 g/mol. The molecule has 0 saturated heterocycles. The third-order valence-corrected chi connectivity index (χ3v) is 5.52. The molecule has 0 radical (unpaired) electrons. The number of nitrogens with two attached hydrogens (primary N) is 2. The molecule has 4 unspecified atom stereocenters. The van der Waals surface area contributed by atoms with E-state index in [2.05, 4.69) is 25.9 Å². The van der Waals surface area contributed by atoms with E-state index in [9.17, 15) is 29.1 Å². The summed E-state index contributed by atoms with van der Waals surface area (Å²) >= 11 is 0. The summed E-state index contributed by atoms with van der Waals surface area (Å²) in [5.74, 6) is -4.39. The lowest BCUT2D eigenvalue weighted by Crippen LogP contribution is -2.57. The predicted molar refractivity (Wildman–Crippen MR) is 133 cm³/mol. The van der Waals surface area contributed by atoms with Crippen LogP contribution in [0.2, 0.25) is 0 Å². The highest BCUT2D eigenvalue weighted by Gasteiger charge is 2.31. The van der Waals surface area contributed by atoms with Crippen molar-refractivity contribution in [1.82, 2.24) is 25.9 Å². The molecule has 0 aliphatic rings. The van der Waals surface area contributed by atoms with Gasteiger partial charge in [0, 0.05) is 24.7 Å². The number of H-pyrrole nitrogens is 1. The SMILES string of the molecule is CC(C)CC(NC(=O)C(CCCCN)NC(=O)C(N)CCC(=O)O)C(=O)NC(Cc1cnc[nH]1)C(=O)O. The molecule has 37 heavy (non-hydrogen) atoms. The highest BCUT2D eigenvalue weighted by Crippen LogP contribution is 2.09. The molecule has 1 aromatic rings. The fourth-order valence-electron chi connectivity index (χ4n) is 3.51. The number of carbonyl (C=O) groups is 5. The van der Waals surface area contributed by atoms with Gasteiger partial charge in [-0.15, -0.1) is 0 Å². The zero-order chi connectivity index (χ0) is 28.0. The number of hydrogen-bond donors (Lipinski definition) is 8. The second kappa shape index (κ2) is 16.3. The molecule has 0 fully saturated rings. The van der Waals surface area contributed by atoms with Crippen LogP contribution in [0.1, 0.15) is 58.1 Å². The van der Waals surface area contributed by atoms with Gasteiger partial charge >= 0.3 is 11.9 Å². The van der Waals surface area contributed by atoms with Crippen molar-refractivity contribution in [3.8, 4) is 0 Å². The number of aliphatic carboxylic acids is 2. The summed E-state index contributed by atoms with van der Waals surface area (Å²) in [7, 11) is 0. The van der Waals surface area contributed by atoms with Crippen molar-refractivity contribution in [1.29, 1.82) is 0 Å². The van der Waals surface area contributed by atoms with E-state index in [1.807, 2.05) is 13.8 Å². The maximum atomic E-state index is 13.1. The van der Waals surface area contributed by atoms with Crippen LogP contribution in [-0.4, -0.2) is 80.6 Å². The van der Waals surface area contributed by atoms with Crippen molar-refractivity contribution >= 4 is 29.7 Å². The molecule has 14 nitrogen and oxygen atoms in total. The molecule has 1 aromatic heterocycles. The molecule has 4 atom stereocenters. The van der Waals surface area contributed by atoms with Gasteiger partial charge in [0.1, 0.15) is 18.1 Å². The molecule has 1 heterocycles. The van der Waals surface area contributed by atoms with Crippen LogP contribution in [0.4, 0.5) is 0 Å². The number of imidazole rings is 1. The van der Waals surface area contributed by atoms with Crippen LogP contribution in [0.25, 0.3) is 0 Å². The summed E-state index contributed by atoms with van der Waals surface area (Å²) in [6.07, 6.45) is 3.93. The van der Waals surface area contributed by atoms with E-state index in [-0.39, 0.29) is 38.0 Å². The summed E-state index contributed by atoms with van der Waals surface area (Å²) in [4.78, 5) is 67.8. The highest BCUT2D eigenvalue weighted by molar-refractivity contribution is 5.94. The first kappa shape index (κ1) is 31.5. The normalized spacial score (nSPS) is 14.3. The lowest BCUT2D eigenvalue weighted by atomic mass is 10.0. The number of carboxylic acid groups (broad SMARTS) is 2. The van der Waals surface area contributed by atoms with Crippen LogP contribution in [0.3, 0.4) is 0 Å². The minimum atomic E-state index is -1.26. The van der Waals surface area contributed by atoms with Crippen LogP contribution in [-0.2, 0) is 30.4 Å². The number of carbonyl (C=O) groups excluding carboxylic acids is 3. The van der Waals surface area contributed by atoms with E-state index in [4.69, 9.17) is 16.6 Å². The molecule has 0 aliphatic carbocycles. The molecule has 208 valence electrons. The molecule has 0 spiro atoms. The molecule has 0 aromatic carbocycles. The van der Waals surface area contributed by atoms with Crippen LogP contribution in [0, 0.1) is 5.92 Å². The summed E-state index contributed by atoms with van der Waals surface area (Å²) in [6, 6.07) is -4.50. The van der Waals surface area contributed by atoms with E-state index in [1.54, 1.807) is 0 Å². The number of aromatic amines is 1. The zero-order valence-electron chi connectivity index (χ0n) is 21.2. The molecule has 0 saturated carbocycles. The zero-order valence-corrected chi connectivity index (χ0v) is 21.2. The van der Waals surface area contributed by atoms with E-state index >= 15 is 0 Å². The largest absolute Gasteiger partial charge is 0.481 e. The Morgan fingerprint density at radius 1 is 0.946 bits per heavy atom. The monoisotopic (exact) mass is 525 g/mol. The van der Waals surface area contributed by atoms with E-state index in [1.165, 1.54) is 12.5 Å². The van der Waals surface area contributed by atoms with Gasteiger partial charge in [0.05, 0.1) is 12.4 Å². The number of rotatable bonds is 18. The van der Waals surface area contributed by atoms with Gasteiger partial charge in [0.15, 0.2) is 0 Å². The number of aromatic nitrogens is 2. The van der Waals surface area contributed by atoms with Gasteiger partial charge in [-0.1, -0.05) is 13.8 Å². The van der Waals surface area contributed by atoms with Crippen molar-refractivity contribution in [3.63, 3.8) is 0 Å². The van der Waals surface area contributed by atoms with Crippen molar-refractivity contribution < 1.29 is 34.2 Å². The second-order valence-corrected chi connectivity index (χ2v) is 9.26. The van der Waals surface area contributed by atoms with Gasteiger partial charge in [0.2, 0.25) is 17.7 Å². The van der Waals surface area contributed by atoms with Crippen LogP contribution in [0.5, 0.6) is 0 Å². The first-order valence-electron chi connectivity index (χ1n) is 12.2. The fourth-order valence-corrected chi connectivity index (χ4v) is 3.51. The lowest BCUT2D eigenvalue weighted by molar-refractivity contribution is -0.142. The van der Waals surface area contributed by atoms with Gasteiger partial charge in [-0.3, -0.25) is 19.2 Å². The van der Waals surface area contributed by atoms with Gasteiger partial charge in [0.25, 0.3) is 0 Å². The molecule has 14 heteroatoms. The number of unbranched alkanes of at least 4 members (excludes halogenated alkanes) is 1. The van der Waals surface area contributed by atoms with Gasteiger partial charge in [-0.2, -0.15) is 0 Å². The molecular weight excluding hydrogens is 486 g/mol.